The van der Waals surface area contributed by atoms with Crippen molar-refractivity contribution in [2.45, 2.75) is 64.6 Å². The van der Waals surface area contributed by atoms with Gasteiger partial charge in [0.1, 0.15) is 0 Å². The van der Waals surface area contributed by atoms with Crippen molar-refractivity contribution in [1.29, 1.82) is 0 Å². The van der Waals surface area contributed by atoms with Crippen LogP contribution in [0.1, 0.15) is 56.3 Å². The van der Waals surface area contributed by atoms with E-state index in [0.29, 0.717) is 12.5 Å². The number of aliphatic hydroxyl groups is 1. The molecule has 1 fully saturated rings. The Morgan fingerprint density at radius 2 is 2.23 bits per heavy atom. The summed E-state index contributed by atoms with van der Waals surface area (Å²) in [6, 6.07) is -0.274. The molecular weight excluding hydrogens is 296 g/mol. The third-order valence-corrected chi connectivity index (χ3v) is 5.12. The second-order valence-corrected chi connectivity index (χ2v) is 8.10. The number of thiazole rings is 1. The van der Waals surface area contributed by atoms with Gasteiger partial charge >= 0.3 is 0 Å². The molecule has 1 aromatic rings. The maximum Gasteiger partial charge on any atom is 0.246 e. The lowest BCUT2D eigenvalue weighted by molar-refractivity contribution is -0.137. The largest absolute Gasteiger partial charge is 0.388 e. The molecule has 1 aliphatic rings. The van der Waals surface area contributed by atoms with E-state index in [9.17, 15) is 9.90 Å². The van der Waals surface area contributed by atoms with Gasteiger partial charge in [-0.1, -0.05) is 20.4 Å². The standard InChI is InChI=1S/C17H26N2O2S/c1-6-14(20)19(15(11(2)3)17(4,5)21)10-13-9-18-16(22-13)12-7-8-12/h6,9,11-12,15,21H,1,7-8,10H2,2-5H3/t15-/m0/s1. The Balaban J connectivity index is 2.23. The summed E-state index contributed by atoms with van der Waals surface area (Å²) in [5.41, 5.74) is -0.975. The number of hydrogen-bond donors (Lipinski definition) is 1. The number of carbonyl (C=O) groups is 1. The van der Waals surface area contributed by atoms with E-state index in [1.54, 1.807) is 30.1 Å². The van der Waals surface area contributed by atoms with Crippen LogP contribution in [0, 0.1) is 5.92 Å². The third-order valence-electron chi connectivity index (χ3n) is 3.97. The zero-order valence-corrected chi connectivity index (χ0v) is 14.7. The smallest absolute Gasteiger partial charge is 0.246 e. The van der Waals surface area contributed by atoms with Crippen LogP contribution in [0.5, 0.6) is 0 Å². The molecule has 0 saturated heterocycles. The highest BCUT2D eigenvalue weighted by Crippen LogP contribution is 2.42. The van der Waals surface area contributed by atoms with Crippen molar-refractivity contribution in [3.8, 4) is 0 Å². The van der Waals surface area contributed by atoms with E-state index in [2.05, 4.69) is 11.6 Å². The van der Waals surface area contributed by atoms with Crippen LogP contribution in [0.25, 0.3) is 0 Å². The van der Waals surface area contributed by atoms with Crippen LogP contribution in [0.2, 0.25) is 0 Å². The SMILES string of the molecule is C=CC(=O)N(Cc1cnc(C2CC2)s1)[C@@H](C(C)C)C(C)(C)O. The topological polar surface area (TPSA) is 53.4 Å². The first-order valence-electron chi connectivity index (χ1n) is 7.84. The van der Waals surface area contributed by atoms with Gasteiger partial charge in [0.25, 0.3) is 0 Å². The Labute approximate surface area is 136 Å². The van der Waals surface area contributed by atoms with Gasteiger partial charge in [-0.05, 0) is 38.7 Å². The minimum Gasteiger partial charge on any atom is -0.388 e. The maximum atomic E-state index is 12.3. The first-order valence-corrected chi connectivity index (χ1v) is 8.65. The highest BCUT2D eigenvalue weighted by Gasteiger charge is 2.37. The van der Waals surface area contributed by atoms with E-state index in [1.165, 1.54) is 23.9 Å². The second kappa shape index (κ2) is 6.50. The van der Waals surface area contributed by atoms with Crippen molar-refractivity contribution in [2.24, 2.45) is 5.92 Å². The normalized spacial score (nSPS) is 16.6. The second-order valence-electron chi connectivity index (χ2n) is 6.95. The number of amides is 1. The van der Waals surface area contributed by atoms with Crippen molar-refractivity contribution in [3.05, 3.63) is 28.7 Å². The van der Waals surface area contributed by atoms with Gasteiger partial charge in [0.15, 0.2) is 0 Å². The predicted octanol–water partition coefficient (Wildman–Crippen LogP) is 3.33. The van der Waals surface area contributed by atoms with Crippen LogP contribution >= 0.6 is 11.3 Å². The van der Waals surface area contributed by atoms with E-state index in [1.807, 2.05) is 20.0 Å². The number of hydrogen-bond acceptors (Lipinski definition) is 4. The molecule has 0 radical (unpaired) electrons. The Morgan fingerprint density at radius 3 is 2.68 bits per heavy atom. The monoisotopic (exact) mass is 322 g/mol. The molecular formula is C17H26N2O2S. The molecule has 0 aromatic carbocycles. The average molecular weight is 322 g/mol. The highest BCUT2D eigenvalue weighted by molar-refractivity contribution is 7.11. The van der Waals surface area contributed by atoms with Gasteiger partial charge in [-0.15, -0.1) is 11.3 Å². The molecule has 0 aliphatic heterocycles. The van der Waals surface area contributed by atoms with Crippen LogP contribution in [0.15, 0.2) is 18.9 Å². The van der Waals surface area contributed by atoms with E-state index in [4.69, 9.17) is 0 Å². The molecule has 0 spiro atoms. The van der Waals surface area contributed by atoms with Gasteiger partial charge in [-0.25, -0.2) is 4.98 Å². The summed E-state index contributed by atoms with van der Waals surface area (Å²) in [5, 5.41) is 11.7. The Morgan fingerprint density at radius 1 is 1.59 bits per heavy atom. The molecule has 1 atom stereocenters. The summed E-state index contributed by atoms with van der Waals surface area (Å²) in [7, 11) is 0. The van der Waals surface area contributed by atoms with Gasteiger partial charge in [-0.2, -0.15) is 0 Å². The van der Waals surface area contributed by atoms with Gasteiger partial charge in [0.05, 0.1) is 23.2 Å². The molecule has 1 aliphatic carbocycles. The van der Waals surface area contributed by atoms with Crippen molar-refractivity contribution in [1.82, 2.24) is 9.88 Å². The van der Waals surface area contributed by atoms with Gasteiger partial charge in [0.2, 0.25) is 5.91 Å². The first kappa shape index (κ1) is 17.2. The molecule has 5 heteroatoms. The van der Waals surface area contributed by atoms with Gasteiger partial charge in [0, 0.05) is 17.0 Å². The molecule has 1 heterocycles. The summed E-state index contributed by atoms with van der Waals surface area (Å²) in [6.45, 7) is 11.6. The summed E-state index contributed by atoms with van der Waals surface area (Å²) >= 11 is 1.68. The van der Waals surface area contributed by atoms with E-state index in [-0.39, 0.29) is 17.9 Å². The molecule has 4 nitrogen and oxygen atoms in total. The molecule has 1 saturated carbocycles. The molecule has 1 aromatic heterocycles. The number of carbonyl (C=O) groups excluding carboxylic acids is 1. The Kier molecular flexibility index (Phi) is 5.07. The summed E-state index contributed by atoms with van der Waals surface area (Å²) in [5.74, 6) is 0.611. The fourth-order valence-electron chi connectivity index (χ4n) is 3.07. The third kappa shape index (κ3) is 3.96. The van der Waals surface area contributed by atoms with E-state index < -0.39 is 5.60 Å². The minimum atomic E-state index is -0.975. The van der Waals surface area contributed by atoms with Crippen molar-refractivity contribution in [2.75, 3.05) is 0 Å². The quantitative estimate of drug-likeness (QED) is 0.783. The Hall–Kier alpha value is -1.20. The molecule has 1 N–H and O–H groups in total. The molecule has 0 bridgehead atoms. The lowest BCUT2D eigenvalue weighted by Gasteiger charge is -2.41. The molecule has 22 heavy (non-hydrogen) atoms. The molecule has 122 valence electrons. The van der Waals surface area contributed by atoms with E-state index >= 15 is 0 Å². The summed E-state index contributed by atoms with van der Waals surface area (Å²) < 4.78 is 0. The van der Waals surface area contributed by atoms with Gasteiger partial charge in [-0.3, -0.25) is 4.79 Å². The Bertz CT molecular complexity index is 541. The average Bonchev–Trinajstić information content (AvgIpc) is 3.15. The van der Waals surface area contributed by atoms with Crippen LogP contribution < -0.4 is 0 Å². The van der Waals surface area contributed by atoms with Crippen LogP contribution in [0.4, 0.5) is 0 Å². The van der Waals surface area contributed by atoms with Crippen molar-refractivity contribution in [3.63, 3.8) is 0 Å². The lowest BCUT2D eigenvalue weighted by atomic mass is 9.87. The number of nitrogens with zero attached hydrogens (tertiary/aromatic N) is 2. The summed E-state index contributed by atoms with van der Waals surface area (Å²) in [4.78, 5) is 19.6. The molecule has 0 unspecified atom stereocenters. The lowest BCUT2D eigenvalue weighted by Crippen LogP contribution is -2.53. The first-order chi connectivity index (χ1) is 10.2. The molecule has 1 amide bonds. The minimum absolute atomic E-state index is 0.139. The zero-order valence-electron chi connectivity index (χ0n) is 13.9. The van der Waals surface area contributed by atoms with Gasteiger partial charge < -0.3 is 10.0 Å². The predicted molar refractivity (Wildman–Crippen MR) is 89.8 cm³/mol. The fourth-order valence-corrected chi connectivity index (χ4v) is 4.16. The highest BCUT2D eigenvalue weighted by atomic mass is 32.1. The molecule has 2 rings (SSSR count). The number of aromatic nitrogens is 1. The van der Waals surface area contributed by atoms with Crippen LogP contribution in [0.3, 0.4) is 0 Å². The fraction of sp³-hybridized carbons (Fsp3) is 0.647. The van der Waals surface area contributed by atoms with Crippen molar-refractivity contribution >= 4 is 17.2 Å². The van der Waals surface area contributed by atoms with Crippen LogP contribution in [-0.4, -0.2) is 32.5 Å². The van der Waals surface area contributed by atoms with Crippen molar-refractivity contribution < 1.29 is 9.90 Å². The zero-order chi connectivity index (χ0) is 16.5. The number of rotatable bonds is 7. The summed E-state index contributed by atoms with van der Waals surface area (Å²) in [6.07, 6.45) is 5.63. The maximum absolute atomic E-state index is 12.3. The van der Waals surface area contributed by atoms with E-state index in [0.717, 1.165) is 4.88 Å². The van der Waals surface area contributed by atoms with Crippen LogP contribution in [-0.2, 0) is 11.3 Å².